The summed E-state index contributed by atoms with van der Waals surface area (Å²) in [5, 5.41) is 21.6. The maximum Gasteiger partial charge on any atom is 0.303 e. The SMILES string of the molecule is CCC(C=O)c1ccc(CCCC(=O)O)c(O)c1NC(C)=O. The van der Waals surface area contributed by atoms with Crippen LogP contribution in [0.1, 0.15) is 50.2 Å². The van der Waals surface area contributed by atoms with Gasteiger partial charge >= 0.3 is 5.97 Å². The second kappa shape index (κ2) is 8.17. The van der Waals surface area contributed by atoms with Crippen LogP contribution in [0.2, 0.25) is 0 Å². The predicted molar refractivity (Wildman–Crippen MR) is 82.1 cm³/mol. The molecule has 1 amide bonds. The molecule has 0 aliphatic carbocycles. The molecule has 0 heterocycles. The van der Waals surface area contributed by atoms with Crippen LogP contribution in [0, 0.1) is 0 Å². The average Bonchev–Trinajstić information content (AvgIpc) is 2.45. The molecule has 0 fully saturated rings. The number of aryl methyl sites for hydroxylation is 1. The summed E-state index contributed by atoms with van der Waals surface area (Å²) in [6.07, 6.45) is 2.09. The van der Waals surface area contributed by atoms with Crippen molar-refractivity contribution in [1.82, 2.24) is 0 Å². The third-order valence-corrected chi connectivity index (χ3v) is 3.44. The van der Waals surface area contributed by atoms with E-state index in [1.807, 2.05) is 6.92 Å². The number of hydrogen-bond acceptors (Lipinski definition) is 4. The molecule has 120 valence electrons. The van der Waals surface area contributed by atoms with Crippen LogP contribution in [0.15, 0.2) is 12.1 Å². The van der Waals surface area contributed by atoms with Crippen molar-refractivity contribution in [3.05, 3.63) is 23.3 Å². The number of phenols is 1. The highest BCUT2D eigenvalue weighted by molar-refractivity contribution is 5.92. The van der Waals surface area contributed by atoms with Gasteiger partial charge in [-0.1, -0.05) is 19.1 Å². The van der Waals surface area contributed by atoms with Crippen molar-refractivity contribution in [2.24, 2.45) is 0 Å². The summed E-state index contributed by atoms with van der Waals surface area (Å²) in [6, 6.07) is 3.37. The molecule has 6 nitrogen and oxygen atoms in total. The molecule has 0 spiro atoms. The van der Waals surface area contributed by atoms with Crippen LogP contribution in [0.25, 0.3) is 0 Å². The van der Waals surface area contributed by atoms with Crippen molar-refractivity contribution < 1.29 is 24.6 Å². The molecular weight excluding hydrogens is 286 g/mol. The van der Waals surface area contributed by atoms with Gasteiger partial charge in [-0.05, 0) is 30.4 Å². The lowest BCUT2D eigenvalue weighted by molar-refractivity contribution is -0.137. The summed E-state index contributed by atoms with van der Waals surface area (Å²) >= 11 is 0. The Kier molecular flexibility index (Phi) is 6.56. The molecular formula is C16H21NO5. The average molecular weight is 307 g/mol. The minimum atomic E-state index is -0.898. The molecule has 0 aliphatic heterocycles. The summed E-state index contributed by atoms with van der Waals surface area (Å²) in [6.45, 7) is 3.16. The molecule has 0 saturated heterocycles. The van der Waals surface area contributed by atoms with E-state index in [1.54, 1.807) is 12.1 Å². The van der Waals surface area contributed by atoms with Gasteiger partial charge in [0.25, 0.3) is 0 Å². The van der Waals surface area contributed by atoms with E-state index >= 15 is 0 Å². The van der Waals surface area contributed by atoms with Gasteiger partial charge in [-0.25, -0.2) is 0 Å². The number of anilines is 1. The summed E-state index contributed by atoms with van der Waals surface area (Å²) in [7, 11) is 0. The molecule has 0 bridgehead atoms. The first-order valence-corrected chi connectivity index (χ1v) is 7.20. The van der Waals surface area contributed by atoms with Crippen LogP contribution in [-0.2, 0) is 20.8 Å². The molecule has 1 aromatic rings. The largest absolute Gasteiger partial charge is 0.505 e. The number of benzene rings is 1. The fraction of sp³-hybridized carbons (Fsp3) is 0.438. The molecule has 1 atom stereocenters. The fourth-order valence-corrected chi connectivity index (χ4v) is 2.29. The number of hydrogen-bond donors (Lipinski definition) is 3. The van der Waals surface area contributed by atoms with Gasteiger partial charge in [0.2, 0.25) is 5.91 Å². The van der Waals surface area contributed by atoms with Crippen LogP contribution < -0.4 is 5.32 Å². The monoisotopic (exact) mass is 307 g/mol. The molecule has 0 aromatic heterocycles. The van der Waals surface area contributed by atoms with Crippen molar-refractivity contribution in [3.8, 4) is 5.75 Å². The van der Waals surface area contributed by atoms with Crippen LogP contribution >= 0.6 is 0 Å². The highest BCUT2D eigenvalue weighted by atomic mass is 16.4. The number of aromatic hydroxyl groups is 1. The van der Waals surface area contributed by atoms with Crippen molar-refractivity contribution in [2.45, 2.75) is 45.4 Å². The van der Waals surface area contributed by atoms with Crippen molar-refractivity contribution in [2.75, 3.05) is 5.32 Å². The Morgan fingerprint density at radius 2 is 2.05 bits per heavy atom. The Hall–Kier alpha value is -2.37. The minimum Gasteiger partial charge on any atom is -0.505 e. The van der Waals surface area contributed by atoms with E-state index in [2.05, 4.69) is 5.32 Å². The molecule has 1 aromatic carbocycles. The molecule has 6 heteroatoms. The predicted octanol–water partition coefficient (Wildman–Crippen LogP) is 2.45. The zero-order valence-corrected chi connectivity index (χ0v) is 12.8. The number of carboxylic acid groups (broad SMARTS) is 1. The Bertz CT molecular complexity index is 568. The van der Waals surface area contributed by atoms with Crippen LogP contribution in [0.5, 0.6) is 5.75 Å². The van der Waals surface area contributed by atoms with Gasteiger partial charge in [-0.15, -0.1) is 0 Å². The van der Waals surface area contributed by atoms with Gasteiger partial charge in [0, 0.05) is 19.3 Å². The smallest absolute Gasteiger partial charge is 0.303 e. The van der Waals surface area contributed by atoms with E-state index in [9.17, 15) is 19.5 Å². The van der Waals surface area contributed by atoms with E-state index in [0.29, 0.717) is 30.4 Å². The molecule has 1 rings (SSSR count). The maximum atomic E-state index is 11.3. The van der Waals surface area contributed by atoms with E-state index in [-0.39, 0.29) is 23.8 Å². The number of carboxylic acids is 1. The quantitative estimate of drug-likeness (QED) is 0.505. The number of amides is 1. The minimum absolute atomic E-state index is 0.00256. The number of aldehydes is 1. The van der Waals surface area contributed by atoms with Crippen LogP contribution in [0.4, 0.5) is 5.69 Å². The summed E-state index contributed by atoms with van der Waals surface area (Å²) < 4.78 is 0. The number of phenolic OH excluding ortho intramolecular Hbond substituents is 1. The van der Waals surface area contributed by atoms with Gasteiger partial charge in [-0.3, -0.25) is 9.59 Å². The first-order chi connectivity index (χ1) is 10.4. The number of aliphatic carboxylic acids is 1. The number of rotatable bonds is 8. The van der Waals surface area contributed by atoms with Gasteiger partial charge < -0.3 is 20.3 Å². The van der Waals surface area contributed by atoms with Crippen molar-refractivity contribution in [3.63, 3.8) is 0 Å². The number of carbonyl (C=O) groups is 3. The van der Waals surface area contributed by atoms with Gasteiger partial charge in [0.1, 0.15) is 12.0 Å². The first kappa shape index (κ1) is 17.7. The summed E-state index contributed by atoms with van der Waals surface area (Å²) in [5.41, 5.74) is 1.35. The Labute approximate surface area is 129 Å². The van der Waals surface area contributed by atoms with Crippen LogP contribution in [-0.4, -0.2) is 28.4 Å². The lowest BCUT2D eigenvalue weighted by Crippen LogP contribution is -2.12. The highest BCUT2D eigenvalue weighted by Crippen LogP contribution is 2.37. The highest BCUT2D eigenvalue weighted by Gasteiger charge is 2.19. The van der Waals surface area contributed by atoms with Gasteiger partial charge in [-0.2, -0.15) is 0 Å². The second-order valence-corrected chi connectivity index (χ2v) is 5.12. The lowest BCUT2D eigenvalue weighted by atomic mass is 9.93. The van der Waals surface area contributed by atoms with Crippen molar-refractivity contribution >= 4 is 23.9 Å². The molecule has 22 heavy (non-hydrogen) atoms. The Balaban J connectivity index is 3.15. The number of carbonyl (C=O) groups excluding carboxylic acids is 2. The van der Waals surface area contributed by atoms with Crippen molar-refractivity contribution in [1.29, 1.82) is 0 Å². The zero-order chi connectivity index (χ0) is 16.7. The maximum absolute atomic E-state index is 11.3. The molecule has 0 saturated carbocycles. The molecule has 0 aliphatic rings. The van der Waals surface area contributed by atoms with Gasteiger partial charge in [0.05, 0.1) is 5.69 Å². The standard InChI is InChI=1S/C16H21NO5/c1-3-11(9-18)13-8-7-12(5-4-6-14(20)21)16(22)15(13)17-10(2)19/h7-9,11,22H,3-6H2,1-2H3,(H,17,19)(H,20,21). The third kappa shape index (κ3) is 4.58. The molecule has 3 N–H and O–H groups in total. The van der Waals surface area contributed by atoms with Crippen LogP contribution in [0.3, 0.4) is 0 Å². The normalized spacial score (nSPS) is 11.7. The lowest BCUT2D eigenvalue weighted by Gasteiger charge is -2.18. The zero-order valence-electron chi connectivity index (χ0n) is 12.8. The Morgan fingerprint density at radius 3 is 2.55 bits per heavy atom. The van der Waals surface area contributed by atoms with Gasteiger partial charge in [0.15, 0.2) is 0 Å². The van der Waals surface area contributed by atoms with E-state index in [1.165, 1.54) is 6.92 Å². The molecule has 1 unspecified atom stereocenters. The topological polar surface area (TPSA) is 104 Å². The fourth-order valence-electron chi connectivity index (χ4n) is 2.29. The van der Waals surface area contributed by atoms with E-state index in [0.717, 1.165) is 6.29 Å². The van der Waals surface area contributed by atoms with E-state index in [4.69, 9.17) is 5.11 Å². The van der Waals surface area contributed by atoms with E-state index < -0.39 is 11.9 Å². The summed E-state index contributed by atoms with van der Waals surface area (Å²) in [5.74, 6) is -1.76. The molecule has 0 radical (unpaired) electrons. The number of nitrogens with one attached hydrogen (secondary N) is 1. The summed E-state index contributed by atoms with van der Waals surface area (Å²) in [4.78, 5) is 33.1. The Morgan fingerprint density at radius 1 is 1.36 bits per heavy atom. The third-order valence-electron chi connectivity index (χ3n) is 3.44. The first-order valence-electron chi connectivity index (χ1n) is 7.20. The second-order valence-electron chi connectivity index (χ2n) is 5.12.